The van der Waals surface area contributed by atoms with Gasteiger partial charge in [-0.05, 0) is 57.0 Å². The molecular weight excluding hydrogens is 372 g/mol. The molecule has 0 fully saturated rings. The molecule has 6 nitrogen and oxygen atoms in total. The minimum atomic E-state index is -0.782. The topological polar surface area (TPSA) is 75.0 Å². The Morgan fingerprint density at radius 2 is 1.72 bits per heavy atom. The zero-order chi connectivity index (χ0) is 21.0. The molecule has 152 valence electrons. The zero-order valence-corrected chi connectivity index (χ0v) is 16.9. The van der Waals surface area contributed by atoms with Crippen LogP contribution in [-0.2, 0) is 16.0 Å². The Bertz CT molecular complexity index is 1050. The highest BCUT2D eigenvalue weighted by Gasteiger charge is 2.18. The molecule has 3 aromatic rings. The van der Waals surface area contributed by atoms with Crippen molar-refractivity contribution in [3.63, 3.8) is 0 Å². The first-order chi connectivity index (χ1) is 13.9. The van der Waals surface area contributed by atoms with Gasteiger partial charge >= 0.3 is 5.97 Å². The third-order valence-corrected chi connectivity index (χ3v) is 4.27. The Kier molecular flexibility index (Phi) is 6.22. The fourth-order valence-electron chi connectivity index (χ4n) is 2.74. The second-order valence-electron chi connectivity index (χ2n) is 6.93. The van der Waals surface area contributed by atoms with Gasteiger partial charge in [0.05, 0.1) is 11.5 Å². The molecule has 1 heterocycles. The Balaban J connectivity index is 1.79. The molecule has 0 saturated carbocycles. The monoisotopic (exact) mass is 396 g/mol. The fourth-order valence-corrected chi connectivity index (χ4v) is 2.74. The smallest absolute Gasteiger partial charge is 0.347 e. The number of fused-ring (bicyclic) bond motifs is 1. The summed E-state index contributed by atoms with van der Waals surface area (Å²) < 4.78 is 22.0. The molecule has 0 saturated heterocycles. The first kappa shape index (κ1) is 20.5. The van der Waals surface area contributed by atoms with E-state index in [1.54, 1.807) is 39.0 Å². The quantitative estimate of drug-likeness (QED) is 0.531. The van der Waals surface area contributed by atoms with E-state index in [2.05, 4.69) is 6.92 Å². The predicted molar refractivity (Wildman–Crippen MR) is 110 cm³/mol. The molecule has 0 spiro atoms. The molecular formula is C23H24O6. The summed E-state index contributed by atoms with van der Waals surface area (Å²) in [6, 6.07) is 12.3. The molecule has 6 heteroatoms. The third-order valence-electron chi connectivity index (χ3n) is 4.27. The van der Waals surface area contributed by atoms with Gasteiger partial charge in [0.15, 0.2) is 6.10 Å². The average molecular weight is 396 g/mol. The molecule has 3 rings (SSSR count). The number of aryl methyl sites for hydroxylation is 1. The first-order valence-corrected chi connectivity index (χ1v) is 9.57. The van der Waals surface area contributed by atoms with Crippen molar-refractivity contribution in [2.45, 2.75) is 46.3 Å². The van der Waals surface area contributed by atoms with Crippen LogP contribution in [0.4, 0.5) is 0 Å². The maximum absolute atomic E-state index is 12.7. The zero-order valence-electron chi connectivity index (χ0n) is 16.9. The lowest BCUT2D eigenvalue weighted by Crippen LogP contribution is -2.28. The van der Waals surface area contributed by atoms with E-state index in [9.17, 15) is 9.59 Å². The maximum Gasteiger partial charge on any atom is 0.347 e. The SMILES string of the molecule is CCc1ccc(Oc2coc3cc(OC(C)C(=O)OC(C)C)ccc3c2=O)cc1. The Morgan fingerprint density at radius 3 is 2.38 bits per heavy atom. The maximum atomic E-state index is 12.7. The molecule has 2 aromatic carbocycles. The second kappa shape index (κ2) is 8.82. The van der Waals surface area contributed by atoms with E-state index < -0.39 is 12.1 Å². The summed E-state index contributed by atoms with van der Waals surface area (Å²) in [6.45, 7) is 7.21. The Morgan fingerprint density at radius 1 is 1.03 bits per heavy atom. The van der Waals surface area contributed by atoms with Crippen LogP contribution in [-0.4, -0.2) is 18.2 Å². The standard InChI is InChI=1S/C23H24O6/c1-5-16-6-8-17(9-7-16)29-21-13-26-20-12-18(10-11-19(20)22(21)24)28-15(4)23(25)27-14(2)3/h6-15H,5H2,1-4H3. The summed E-state index contributed by atoms with van der Waals surface area (Å²) in [5.41, 5.74) is 1.23. The number of ether oxygens (including phenoxy) is 3. The largest absolute Gasteiger partial charge is 0.479 e. The van der Waals surface area contributed by atoms with E-state index in [1.165, 1.54) is 11.8 Å². The summed E-state index contributed by atoms with van der Waals surface area (Å²) in [4.78, 5) is 24.6. The second-order valence-corrected chi connectivity index (χ2v) is 6.93. The van der Waals surface area contributed by atoms with Crippen LogP contribution in [0.25, 0.3) is 11.0 Å². The van der Waals surface area contributed by atoms with Gasteiger partial charge < -0.3 is 18.6 Å². The number of rotatable bonds is 7. The van der Waals surface area contributed by atoms with Gasteiger partial charge in [0, 0.05) is 6.07 Å². The van der Waals surface area contributed by atoms with Crippen LogP contribution < -0.4 is 14.9 Å². The van der Waals surface area contributed by atoms with Crippen LogP contribution >= 0.6 is 0 Å². The van der Waals surface area contributed by atoms with E-state index in [4.69, 9.17) is 18.6 Å². The first-order valence-electron chi connectivity index (χ1n) is 9.57. The molecule has 0 aliphatic heterocycles. The van der Waals surface area contributed by atoms with Gasteiger partial charge in [0.1, 0.15) is 23.3 Å². The lowest BCUT2D eigenvalue weighted by atomic mass is 10.2. The normalized spacial score (nSPS) is 12.0. The highest BCUT2D eigenvalue weighted by molar-refractivity contribution is 5.79. The molecule has 1 unspecified atom stereocenters. The minimum absolute atomic E-state index is 0.101. The van der Waals surface area contributed by atoms with E-state index in [1.807, 2.05) is 24.3 Å². The highest BCUT2D eigenvalue weighted by Crippen LogP contribution is 2.25. The number of hydrogen-bond donors (Lipinski definition) is 0. The van der Waals surface area contributed by atoms with Gasteiger partial charge in [-0.15, -0.1) is 0 Å². The van der Waals surface area contributed by atoms with Gasteiger partial charge in [-0.1, -0.05) is 19.1 Å². The van der Waals surface area contributed by atoms with Crippen molar-refractivity contribution in [3.8, 4) is 17.2 Å². The predicted octanol–water partition coefficient (Wildman–Crippen LogP) is 4.87. The van der Waals surface area contributed by atoms with Crippen LogP contribution in [0.5, 0.6) is 17.2 Å². The molecule has 0 amide bonds. The lowest BCUT2D eigenvalue weighted by molar-refractivity contribution is -0.154. The van der Waals surface area contributed by atoms with E-state index in [0.29, 0.717) is 22.5 Å². The summed E-state index contributed by atoms with van der Waals surface area (Å²) in [7, 11) is 0. The number of carbonyl (C=O) groups excluding carboxylic acids is 1. The van der Waals surface area contributed by atoms with Gasteiger partial charge in [0.2, 0.25) is 11.2 Å². The molecule has 1 atom stereocenters. The van der Waals surface area contributed by atoms with Crippen molar-refractivity contribution in [1.29, 1.82) is 0 Å². The van der Waals surface area contributed by atoms with Crippen molar-refractivity contribution < 1.29 is 23.4 Å². The van der Waals surface area contributed by atoms with Gasteiger partial charge in [-0.3, -0.25) is 4.79 Å². The van der Waals surface area contributed by atoms with Crippen molar-refractivity contribution in [1.82, 2.24) is 0 Å². The number of carbonyl (C=O) groups is 1. The van der Waals surface area contributed by atoms with Crippen LogP contribution in [0, 0.1) is 0 Å². The summed E-state index contributed by atoms with van der Waals surface area (Å²) in [5, 5.41) is 0.359. The fraction of sp³-hybridized carbons (Fsp3) is 0.304. The van der Waals surface area contributed by atoms with E-state index in [0.717, 1.165) is 6.42 Å². The van der Waals surface area contributed by atoms with Crippen LogP contribution in [0.1, 0.15) is 33.3 Å². The number of esters is 1. The van der Waals surface area contributed by atoms with E-state index in [-0.39, 0.29) is 17.3 Å². The molecule has 0 radical (unpaired) electrons. The molecule has 1 aromatic heterocycles. The average Bonchev–Trinajstić information content (AvgIpc) is 2.70. The Hall–Kier alpha value is -3.28. The molecule has 29 heavy (non-hydrogen) atoms. The molecule has 0 aliphatic carbocycles. The van der Waals surface area contributed by atoms with Crippen molar-refractivity contribution in [2.24, 2.45) is 0 Å². The minimum Gasteiger partial charge on any atom is -0.479 e. The van der Waals surface area contributed by atoms with Gasteiger partial charge in [0.25, 0.3) is 0 Å². The van der Waals surface area contributed by atoms with Gasteiger partial charge in [-0.25, -0.2) is 4.79 Å². The highest BCUT2D eigenvalue weighted by atomic mass is 16.6. The van der Waals surface area contributed by atoms with Crippen LogP contribution in [0.15, 0.2) is 57.9 Å². The third kappa shape index (κ3) is 4.96. The number of benzene rings is 2. The summed E-state index contributed by atoms with van der Waals surface area (Å²) in [5.74, 6) is 0.604. The van der Waals surface area contributed by atoms with Crippen molar-refractivity contribution in [2.75, 3.05) is 0 Å². The van der Waals surface area contributed by atoms with E-state index >= 15 is 0 Å². The van der Waals surface area contributed by atoms with Crippen molar-refractivity contribution >= 4 is 16.9 Å². The van der Waals surface area contributed by atoms with Crippen LogP contribution in [0.2, 0.25) is 0 Å². The molecule has 0 bridgehead atoms. The summed E-state index contributed by atoms with van der Waals surface area (Å²) >= 11 is 0. The molecule has 0 aliphatic rings. The number of hydrogen-bond acceptors (Lipinski definition) is 6. The van der Waals surface area contributed by atoms with Gasteiger partial charge in [-0.2, -0.15) is 0 Å². The van der Waals surface area contributed by atoms with Crippen LogP contribution in [0.3, 0.4) is 0 Å². The lowest BCUT2D eigenvalue weighted by Gasteiger charge is -2.15. The summed E-state index contributed by atoms with van der Waals surface area (Å²) in [6.07, 6.45) is 1.20. The Labute approximate surface area is 169 Å². The van der Waals surface area contributed by atoms with Crippen molar-refractivity contribution in [3.05, 3.63) is 64.5 Å². The molecule has 0 N–H and O–H groups in total.